The minimum Gasteiger partial charge on any atom is -0.246 e. The summed E-state index contributed by atoms with van der Waals surface area (Å²) >= 11 is 0. The SMILES string of the molecule is CC1CCC2(CC1)OOC1(CCC(C)CC1)OO[Si](C)(C)OO2. The van der Waals surface area contributed by atoms with Crippen LogP contribution >= 0.6 is 0 Å². The summed E-state index contributed by atoms with van der Waals surface area (Å²) in [5.41, 5.74) is 0. The quantitative estimate of drug-likeness (QED) is 0.480. The molecular weight excluding hydrogens is 316 g/mol. The van der Waals surface area contributed by atoms with Crippen LogP contribution in [0.5, 0.6) is 0 Å². The van der Waals surface area contributed by atoms with Crippen LogP contribution in [0, 0.1) is 11.8 Å². The van der Waals surface area contributed by atoms with E-state index in [-0.39, 0.29) is 0 Å². The summed E-state index contributed by atoms with van der Waals surface area (Å²) in [5.74, 6) is -0.348. The summed E-state index contributed by atoms with van der Waals surface area (Å²) in [6.07, 6.45) is 7.13. The zero-order chi connectivity index (χ0) is 16.6. The number of hydrogen-bond acceptors (Lipinski definition) is 6. The van der Waals surface area contributed by atoms with Crippen molar-refractivity contribution in [2.24, 2.45) is 11.8 Å². The fourth-order valence-electron chi connectivity index (χ4n) is 3.28. The first-order valence-electron chi connectivity index (χ1n) is 8.93. The molecule has 134 valence electrons. The van der Waals surface area contributed by atoms with E-state index in [2.05, 4.69) is 13.8 Å². The van der Waals surface area contributed by atoms with Crippen molar-refractivity contribution in [1.82, 2.24) is 0 Å². The van der Waals surface area contributed by atoms with Crippen molar-refractivity contribution in [2.45, 2.75) is 89.9 Å². The molecule has 0 unspecified atom stereocenters. The van der Waals surface area contributed by atoms with Gasteiger partial charge >= 0.3 is 8.56 Å². The van der Waals surface area contributed by atoms with Gasteiger partial charge in [0.15, 0.2) is 0 Å². The molecule has 3 aliphatic rings. The molecule has 23 heavy (non-hydrogen) atoms. The van der Waals surface area contributed by atoms with Crippen LogP contribution in [0.1, 0.15) is 65.2 Å². The van der Waals surface area contributed by atoms with E-state index in [0.29, 0.717) is 11.8 Å². The van der Waals surface area contributed by atoms with Gasteiger partial charge in [-0.1, -0.05) is 13.8 Å². The van der Waals surface area contributed by atoms with Crippen molar-refractivity contribution in [3.05, 3.63) is 0 Å². The van der Waals surface area contributed by atoms with Gasteiger partial charge in [0.25, 0.3) is 0 Å². The van der Waals surface area contributed by atoms with Gasteiger partial charge in [0, 0.05) is 25.7 Å². The van der Waals surface area contributed by atoms with Gasteiger partial charge in [0.05, 0.1) is 0 Å². The Labute approximate surface area is 139 Å². The van der Waals surface area contributed by atoms with Gasteiger partial charge in [-0.2, -0.15) is 9.78 Å². The van der Waals surface area contributed by atoms with Crippen LogP contribution in [0.15, 0.2) is 0 Å². The maximum Gasteiger partial charge on any atom is 0.404 e. The molecule has 0 aromatic carbocycles. The van der Waals surface area contributed by atoms with E-state index in [1.165, 1.54) is 0 Å². The molecule has 2 aliphatic carbocycles. The highest BCUT2D eigenvalue weighted by Crippen LogP contribution is 2.42. The predicted molar refractivity (Wildman–Crippen MR) is 84.7 cm³/mol. The van der Waals surface area contributed by atoms with E-state index in [9.17, 15) is 0 Å². The topological polar surface area (TPSA) is 55.4 Å². The summed E-state index contributed by atoms with van der Waals surface area (Å²) < 4.78 is 11.2. The molecule has 0 radical (unpaired) electrons. The molecule has 1 aliphatic heterocycles. The van der Waals surface area contributed by atoms with Gasteiger partial charge < -0.3 is 0 Å². The molecule has 2 spiro atoms. The van der Waals surface area contributed by atoms with Gasteiger partial charge in [0.2, 0.25) is 11.6 Å². The van der Waals surface area contributed by atoms with E-state index in [4.69, 9.17) is 28.7 Å². The van der Waals surface area contributed by atoms with E-state index in [0.717, 1.165) is 51.4 Å². The lowest BCUT2D eigenvalue weighted by Crippen LogP contribution is -2.45. The molecule has 3 fully saturated rings. The van der Waals surface area contributed by atoms with Crippen LogP contribution < -0.4 is 0 Å². The highest BCUT2D eigenvalue weighted by Gasteiger charge is 2.49. The second-order valence-electron chi connectivity index (χ2n) is 8.09. The van der Waals surface area contributed by atoms with Crippen LogP contribution in [-0.2, 0) is 28.7 Å². The summed E-state index contributed by atoms with van der Waals surface area (Å²) in [6, 6.07) is 0. The Morgan fingerprint density at radius 1 is 0.652 bits per heavy atom. The molecule has 0 aromatic rings. The van der Waals surface area contributed by atoms with Crippen LogP contribution in [0.25, 0.3) is 0 Å². The van der Waals surface area contributed by atoms with Gasteiger partial charge in [0.1, 0.15) is 0 Å². The Morgan fingerprint density at radius 2 is 1.00 bits per heavy atom. The fourth-order valence-corrected chi connectivity index (χ4v) is 4.02. The summed E-state index contributed by atoms with van der Waals surface area (Å²) in [4.78, 5) is 23.1. The number of hydrogen-bond donors (Lipinski definition) is 0. The van der Waals surface area contributed by atoms with Crippen molar-refractivity contribution in [1.29, 1.82) is 0 Å². The maximum absolute atomic E-state index is 5.83. The highest BCUT2D eigenvalue weighted by atomic mass is 28.4. The zero-order valence-electron chi connectivity index (χ0n) is 14.8. The first-order chi connectivity index (χ1) is 10.8. The molecule has 1 heterocycles. The highest BCUT2D eigenvalue weighted by molar-refractivity contribution is 6.64. The molecule has 7 heteroatoms. The van der Waals surface area contributed by atoms with Crippen molar-refractivity contribution in [2.75, 3.05) is 0 Å². The second kappa shape index (κ2) is 6.71. The Hall–Kier alpha value is -0.0231. The second-order valence-corrected chi connectivity index (χ2v) is 11.2. The monoisotopic (exact) mass is 346 g/mol. The lowest BCUT2D eigenvalue weighted by molar-refractivity contribution is -0.556. The summed E-state index contributed by atoms with van der Waals surface area (Å²) in [6.45, 7) is 8.30. The zero-order valence-corrected chi connectivity index (χ0v) is 15.8. The third kappa shape index (κ3) is 4.34. The maximum atomic E-state index is 5.83. The van der Waals surface area contributed by atoms with Gasteiger partial charge in [-0.05, 0) is 50.6 Å². The molecular formula is C16H30O6Si. The molecule has 0 bridgehead atoms. The number of rotatable bonds is 0. The lowest BCUT2D eigenvalue weighted by Gasteiger charge is -2.40. The first-order valence-corrected chi connectivity index (χ1v) is 11.7. The van der Waals surface area contributed by atoms with Crippen LogP contribution in [-0.4, -0.2) is 20.1 Å². The van der Waals surface area contributed by atoms with Gasteiger partial charge in [-0.25, -0.2) is 18.9 Å². The van der Waals surface area contributed by atoms with E-state index >= 15 is 0 Å². The molecule has 0 N–H and O–H groups in total. The Bertz CT molecular complexity index is 363. The Morgan fingerprint density at radius 3 is 1.35 bits per heavy atom. The Kier molecular flexibility index (Phi) is 5.19. The predicted octanol–water partition coefficient (Wildman–Crippen LogP) is 4.36. The standard InChI is InChI=1S/C16H30O6Si/c1-13-5-9-15(10-6-13)17-18-16(11-7-14(2)8-12-16)20-22-23(3,4)21-19-15/h13-14H,5-12H2,1-4H3. The van der Waals surface area contributed by atoms with Crippen molar-refractivity contribution < 1.29 is 28.7 Å². The van der Waals surface area contributed by atoms with Gasteiger partial charge in [-0.15, -0.1) is 0 Å². The molecule has 0 atom stereocenters. The molecule has 3 rings (SSSR count). The molecule has 2 saturated carbocycles. The van der Waals surface area contributed by atoms with Crippen LogP contribution in [0.3, 0.4) is 0 Å². The minimum absolute atomic E-state index is 0.669. The fraction of sp³-hybridized carbons (Fsp3) is 1.00. The minimum atomic E-state index is -2.56. The largest absolute Gasteiger partial charge is 0.404 e. The Balaban J connectivity index is 1.76. The van der Waals surface area contributed by atoms with Crippen molar-refractivity contribution in [3.8, 4) is 0 Å². The summed E-state index contributed by atoms with van der Waals surface area (Å²) in [7, 11) is -2.56. The third-order valence-electron chi connectivity index (χ3n) is 5.21. The molecule has 0 aromatic heterocycles. The average molecular weight is 346 g/mol. The van der Waals surface area contributed by atoms with Gasteiger partial charge in [-0.3, -0.25) is 0 Å². The van der Waals surface area contributed by atoms with E-state index in [1.54, 1.807) is 0 Å². The molecule has 0 amide bonds. The summed E-state index contributed by atoms with van der Waals surface area (Å²) in [5, 5.41) is 0. The van der Waals surface area contributed by atoms with Crippen LogP contribution in [0.2, 0.25) is 13.1 Å². The lowest BCUT2D eigenvalue weighted by atomic mass is 9.86. The van der Waals surface area contributed by atoms with E-state index < -0.39 is 20.1 Å². The van der Waals surface area contributed by atoms with Crippen molar-refractivity contribution >= 4 is 8.56 Å². The van der Waals surface area contributed by atoms with Crippen LogP contribution in [0.4, 0.5) is 0 Å². The third-order valence-corrected chi connectivity index (χ3v) is 6.18. The smallest absolute Gasteiger partial charge is 0.246 e. The molecule has 1 saturated heterocycles. The van der Waals surface area contributed by atoms with Crippen molar-refractivity contribution in [3.63, 3.8) is 0 Å². The average Bonchev–Trinajstić information content (AvgIpc) is 2.58. The molecule has 6 nitrogen and oxygen atoms in total. The normalized spacial score (nSPS) is 45.4. The first kappa shape index (κ1) is 17.8. The van der Waals surface area contributed by atoms with E-state index in [1.807, 2.05) is 13.1 Å².